The zero-order chi connectivity index (χ0) is 38.7. The molecule has 4 aromatic heterocycles. The van der Waals surface area contributed by atoms with E-state index in [1.807, 2.05) is 24.3 Å². The number of benzene rings is 7. The summed E-state index contributed by atoms with van der Waals surface area (Å²) in [5, 5.41) is 15.1. The number of aromatic nitrogens is 4. The first-order valence-corrected chi connectivity index (χ1v) is 19.8. The maximum absolute atomic E-state index is 11.2. The molecule has 0 saturated heterocycles. The van der Waals surface area contributed by atoms with Crippen LogP contribution in [0.15, 0.2) is 176 Å². The molecule has 0 unspecified atom stereocenters. The van der Waals surface area contributed by atoms with Crippen LogP contribution in [0.25, 0.3) is 100 Å². The second-order valence-electron chi connectivity index (χ2n) is 15.9. The minimum atomic E-state index is -0.203. The monoisotopic (exact) mass is 744 g/mol. The number of nitrogens with zero attached hydrogens (tertiary/aromatic N) is 4. The van der Waals surface area contributed by atoms with Crippen LogP contribution in [-0.2, 0) is 5.41 Å². The molecule has 0 fully saturated rings. The minimum absolute atomic E-state index is 0.183. The summed E-state index contributed by atoms with van der Waals surface area (Å²) >= 11 is 0. The molecule has 0 amide bonds. The fourth-order valence-electron chi connectivity index (χ4n) is 9.82. The molecule has 0 aliphatic heterocycles. The zero-order valence-corrected chi connectivity index (χ0v) is 32.0. The van der Waals surface area contributed by atoms with Crippen LogP contribution >= 0.6 is 0 Å². The first kappa shape index (κ1) is 32.7. The number of fused-ring (bicyclic) bond motifs is 9. The molecule has 12 rings (SSSR count). The van der Waals surface area contributed by atoms with Gasteiger partial charge in [-0.1, -0.05) is 141 Å². The standard InChI is InChI=1S/C53H36N4O/c1-53(2)42-31-54-43(30-41(42)51-48(53)40-24-13-23-38-37-20-7-10-26-45(37)57(51)50(38)40)34-18-12-17-33(29-34)36-22-14-27-46-49(36)55-52(39-21-8-11-28-47(39)58)56(46)44-25-9-6-19-35(44)32-15-4-3-5-16-32/h3-31,58H,1-2H3. The Morgan fingerprint density at radius 1 is 0.534 bits per heavy atom. The van der Waals surface area contributed by atoms with Gasteiger partial charge in [-0.05, 0) is 64.7 Å². The van der Waals surface area contributed by atoms with Gasteiger partial charge in [0.05, 0.1) is 44.7 Å². The third-order valence-electron chi connectivity index (χ3n) is 12.4. The summed E-state index contributed by atoms with van der Waals surface area (Å²) in [4.78, 5) is 10.5. The predicted molar refractivity (Wildman–Crippen MR) is 237 cm³/mol. The van der Waals surface area contributed by atoms with Crippen LogP contribution in [0.5, 0.6) is 5.75 Å². The summed E-state index contributed by atoms with van der Waals surface area (Å²) in [5.41, 5.74) is 17.1. The molecule has 5 nitrogen and oxygen atoms in total. The fraction of sp³-hybridized carbons (Fsp3) is 0.0566. The maximum Gasteiger partial charge on any atom is 0.149 e. The SMILES string of the molecule is CC1(C)c2cnc(-c3cccc(-c4cccc5c4nc(-c4ccccc4O)n5-c4ccccc4-c4ccccc4)c3)cc2-c2c1c1cccc3c4ccccc4n2c13. The Hall–Kier alpha value is -7.50. The third kappa shape index (κ3) is 4.47. The normalized spacial score (nSPS) is 13.2. The zero-order valence-electron chi connectivity index (χ0n) is 32.0. The van der Waals surface area contributed by atoms with E-state index in [4.69, 9.17) is 9.97 Å². The molecule has 4 heterocycles. The Balaban J connectivity index is 1.04. The second-order valence-corrected chi connectivity index (χ2v) is 15.9. The van der Waals surface area contributed by atoms with Crippen LogP contribution in [0.3, 0.4) is 0 Å². The smallest absolute Gasteiger partial charge is 0.149 e. The molecule has 0 radical (unpaired) electrons. The van der Waals surface area contributed by atoms with Gasteiger partial charge in [-0.15, -0.1) is 0 Å². The average molecular weight is 745 g/mol. The van der Waals surface area contributed by atoms with Gasteiger partial charge in [0, 0.05) is 50.0 Å². The molecule has 0 saturated carbocycles. The van der Waals surface area contributed by atoms with Crippen molar-refractivity contribution in [3.8, 4) is 67.6 Å². The predicted octanol–water partition coefficient (Wildman–Crippen LogP) is 13.1. The van der Waals surface area contributed by atoms with Crippen molar-refractivity contribution in [3.05, 3.63) is 187 Å². The number of hydrogen-bond acceptors (Lipinski definition) is 3. The van der Waals surface area contributed by atoms with E-state index in [1.165, 1.54) is 49.6 Å². The van der Waals surface area contributed by atoms with Crippen LogP contribution in [0, 0.1) is 0 Å². The van der Waals surface area contributed by atoms with Gasteiger partial charge >= 0.3 is 0 Å². The minimum Gasteiger partial charge on any atom is -0.507 e. The van der Waals surface area contributed by atoms with Crippen LogP contribution < -0.4 is 0 Å². The van der Waals surface area contributed by atoms with Crippen molar-refractivity contribution in [1.82, 2.24) is 18.9 Å². The van der Waals surface area contributed by atoms with Crippen molar-refractivity contribution >= 4 is 38.2 Å². The highest BCUT2D eigenvalue weighted by Crippen LogP contribution is 2.55. The van der Waals surface area contributed by atoms with Crippen molar-refractivity contribution in [2.75, 3.05) is 0 Å². The summed E-state index contributed by atoms with van der Waals surface area (Å²) in [7, 11) is 0. The molecule has 1 aliphatic rings. The molecule has 0 atom stereocenters. The molecule has 58 heavy (non-hydrogen) atoms. The van der Waals surface area contributed by atoms with Crippen molar-refractivity contribution in [2.24, 2.45) is 0 Å². The van der Waals surface area contributed by atoms with Gasteiger partial charge in [0.2, 0.25) is 0 Å². The van der Waals surface area contributed by atoms with Gasteiger partial charge in [0.1, 0.15) is 11.6 Å². The molecule has 7 aromatic carbocycles. The number of rotatable bonds is 5. The highest BCUT2D eigenvalue weighted by molar-refractivity contribution is 6.18. The Morgan fingerprint density at radius 2 is 1.19 bits per heavy atom. The van der Waals surface area contributed by atoms with Crippen molar-refractivity contribution in [3.63, 3.8) is 0 Å². The van der Waals surface area contributed by atoms with Crippen molar-refractivity contribution in [1.29, 1.82) is 0 Å². The second kappa shape index (κ2) is 12.0. The van der Waals surface area contributed by atoms with Gasteiger partial charge in [0.25, 0.3) is 0 Å². The first-order chi connectivity index (χ1) is 28.5. The Labute approximate surface area is 335 Å². The van der Waals surface area contributed by atoms with Crippen LogP contribution in [0.2, 0.25) is 0 Å². The maximum atomic E-state index is 11.2. The average Bonchev–Trinajstić information content (AvgIpc) is 3.99. The van der Waals surface area contributed by atoms with Gasteiger partial charge in [-0.25, -0.2) is 4.98 Å². The molecule has 1 N–H and O–H groups in total. The van der Waals surface area contributed by atoms with E-state index in [-0.39, 0.29) is 11.2 Å². The first-order valence-electron chi connectivity index (χ1n) is 19.8. The third-order valence-corrected chi connectivity index (χ3v) is 12.4. The summed E-state index contributed by atoms with van der Waals surface area (Å²) in [6.45, 7) is 4.68. The fourth-order valence-corrected chi connectivity index (χ4v) is 9.82. The van der Waals surface area contributed by atoms with Crippen LogP contribution in [-0.4, -0.2) is 24.0 Å². The molecule has 11 aromatic rings. The lowest BCUT2D eigenvalue weighted by molar-refractivity contribution is 0.477. The topological polar surface area (TPSA) is 55.4 Å². The Morgan fingerprint density at radius 3 is 2.07 bits per heavy atom. The molecular formula is C53H36N4O. The van der Waals surface area contributed by atoms with Crippen molar-refractivity contribution < 1.29 is 5.11 Å². The van der Waals surface area contributed by atoms with E-state index < -0.39 is 0 Å². The number of phenols is 1. The summed E-state index contributed by atoms with van der Waals surface area (Å²) < 4.78 is 4.69. The lowest BCUT2D eigenvalue weighted by Crippen LogP contribution is -2.15. The van der Waals surface area contributed by atoms with Crippen LogP contribution in [0.1, 0.15) is 25.0 Å². The van der Waals surface area contributed by atoms with Gasteiger partial charge < -0.3 is 9.51 Å². The highest BCUT2D eigenvalue weighted by atomic mass is 16.3. The number of imidazole rings is 1. The van der Waals surface area contributed by atoms with E-state index >= 15 is 0 Å². The van der Waals surface area contributed by atoms with E-state index in [2.05, 4.69) is 169 Å². The summed E-state index contributed by atoms with van der Waals surface area (Å²) in [5.74, 6) is 0.860. The summed E-state index contributed by atoms with van der Waals surface area (Å²) in [6.07, 6.45) is 2.10. The molecule has 5 heteroatoms. The molecule has 1 aliphatic carbocycles. The number of pyridine rings is 1. The van der Waals surface area contributed by atoms with Gasteiger partial charge in [-0.3, -0.25) is 9.55 Å². The number of phenolic OH excluding ortho intramolecular Hbond substituents is 1. The highest BCUT2D eigenvalue weighted by Gasteiger charge is 2.41. The van der Waals surface area contributed by atoms with Crippen LogP contribution in [0.4, 0.5) is 0 Å². The van der Waals surface area contributed by atoms with E-state index in [1.54, 1.807) is 6.07 Å². The largest absolute Gasteiger partial charge is 0.507 e. The van der Waals surface area contributed by atoms with E-state index in [0.29, 0.717) is 11.4 Å². The molecule has 274 valence electrons. The molecule has 0 spiro atoms. The lowest BCUT2D eigenvalue weighted by Gasteiger charge is -2.21. The quantitative estimate of drug-likeness (QED) is 0.191. The Bertz CT molecular complexity index is 3440. The molecule has 0 bridgehead atoms. The van der Waals surface area contributed by atoms with Gasteiger partial charge in [0.15, 0.2) is 0 Å². The Kier molecular flexibility index (Phi) is 6.77. The lowest BCUT2D eigenvalue weighted by atomic mass is 9.82. The van der Waals surface area contributed by atoms with Gasteiger partial charge in [-0.2, -0.15) is 0 Å². The number of aromatic hydroxyl groups is 1. The molecular weight excluding hydrogens is 709 g/mol. The number of hydrogen-bond donors (Lipinski definition) is 1. The van der Waals surface area contributed by atoms with E-state index in [0.717, 1.165) is 50.2 Å². The summed E-state index contributed by atoms with van der Waals surface area (Å²) in [6, 6.07) is 59.1. The number of para-hydroxylation sites is 5. The van der Waals surface area contributed by atoms with E-state index in [9.17, 15) is 5.11 Å². The van der Waals surface area contributed by atoms with Crippen molar-refractivity contribution in [2.45, 2.75) is 19.3 Å².